The zero-order chi connectivity index (χ0) is 21.8. The number of para-hydroxylation sites is 1. The molecule has 0 aliphatic heterocycles. The molecule has 0 aliphatic carbocycles. The van der Waals surface area contributed by atoms with Crippen molar-refractivity contribution in [3.8, 4) is 22.8 Å². The highest BCUT2D eigenvalue weighted by atomic mass is 16.5. The van der Waals surface area contributed by atoms with Gasteiger partial charge in [0.2, 0.25) is 0 Å². The minimum absolute atomic E-state index is 0.304. The molecule has 2 aromatic carbocycles. The van der Waals surface area contributed by atoms with Gasteiger partial charge in [-0.2, -0.15) is 0 Å². The van der Waals surface area contributed by atoms with E-state index in [2.05, 4.69) is 10.6 Å². The monoisotopic (exact) mass is 416 g/mol. The van der Waals surface area contributed by atoms with Crippen molar-refractivity contribution in [2.75, 3.05) is 19.5 Å². The summed E-state index contributed by atoms with van der Waals surface area (Å²) in [4.78, 5) is 17.3. The lowest BCUT2D eigenvalue weighted by atomic mass is 10.1. The molecule has 4 aromatic rings. The maximum Gasteiger partial charge on any atom is 0.319 e. The van der Waals surface area contributed by atoms with Crippen LogP contribution < -0.4 is 20.1 Å². The number of carbonyl (C=O) groups is 1. The Kier molecular flexibility index (Phi) is 5.75. The summed E-state index contributed by atoms with van der Waals surface area (Å²) >= 11 is 0. The molecule has 31 heavy (non-hydrogen) atoms. The summed E-state index contributed by atoms with van der Waals surface area (Å²) in [7, 11) is 3.17. The van der Waals surface area contributed by atoms with Gasteiger partial charge in [0.1, 0.15) is 5.65 Å². The van der Waals surface area contributed by atoms with Gasteiger partial charge in [-0.3, -0.25) is 0 Å². The number of ether oxygens (including phenoxy) is 2. The van der Waals surface area contributed by atoms with Crippen LogP contribution in [0.3, 0.4) is 0 Å². The van der Waals surface area contributed by atoms with E-state index in [1.807, 2.05) is 78.3 Å². The number of benzene rings is 2. The number of pyridine rings is 1. The minimum Gasteiger partial charge on any atom is -0.493 e. The molecule has 7 nitrogen and oxygen atoms in total. The maximum absolute atomic E-state index is 12.6. The molecule has 2 amide bonds. The molecule has 0 aliphatic rings. The SMILES string of the molecule is COc1ccc(CNC(=O)Nc2ccccc2-c2cn3cccc(C)c3n2)cc1OC. The first-order valence-electron chi connectivity index (χ1n) is 9.88. The van der Waals surface area contributed by atoms with Crippen molar-refractivity contribution in [3.05, 3.63) is 78.1 Å². The summed E-state index contributed by atoms with van der Waals surface area (Å²) in [5.74, 6) is 1.27. The molecule has 0 saturated heterocycles. The summed E-state index contributed by atoms with van der Waals surface area (Å²) in [5, 5.41) is 5.81. The quantitative estimate of drug-likeness (QED) is 0.480. The Morgan fingerprint density at radius 1 is 1.03 bits per heavy atom. The molecular weight excluding hydrogens is 392 g/mol. The van der Waals surface area contributed by atoms with Crippen LogP contribution in [0.5, 0.6) is 11.5 Å². The number of rotatable bonds is 6. The van der Waals surface area contributed by atoms with E-state index in [4.69, 9.17) is 14.5 Å². The van der Waals surface area contributed by atoms with E-state index in [1.54, 1.807) is 14.2 Å². The maximum atomic E-state index is 12.6. The van der Waals surface area contributed by atoms with Crippen molar-refractivity contribution >= 4 is 17.4 Å². The van der Waals surface area contributed by atoms with E-state index in [0.717, 1.165) is 28.0 Å². The first kappa shape index (κ1) is 20.3. The fourth-order valence-corrected chi connectivity index (χ4v) is 3.44. The number of anilines is 1. The Balaban J connectivity index is 1.50. The Labute approximate surface area is 180 Å². The third kappa shape index (κ3) is 4.30. The number of nitrogens with zero attached hydrogens (tertiary/aromatic N) is 2. The van der Waals surface area contributed by atoms with Crippen molar-refractivity contribution in [2.24, 2.45) is 0 Å². The second-order valence-electron chi connectivity index (χ2n) is 7.09. The molecule has 2 aromatic heterocycles. The summed E-state index contributed by atoms with van der Waals surface area (Å²) in [6.45, 7) is 2.37. The molecule has 2 N–H and O–H groups in total. The topological polar surface area (TPSA) is 76.9 Å². The van der Waals surface area contributed by atoms with Gasteiger partial charge in [0, 0.05) is 24.5 Å². The summed E-state index contributed by atoms with van der Waals surface area (Å²) < 4.78 is 12.5. The van der Waals surface area contributed by atoms with Gasteiger partial charge in [0.25, 0.3) is 0 Å². The third-order valence-corrected chi connectivity index (χ3v) is 5.03. The standard InChI is InChI=1S/C24H24N4O3/c1-16-7-6-12-28-15-20(26-23(16)28)18-8-4-5-9-19(18)27-24(29)25-14-17-10-11-21(30-2)22(13-17)31-3/h4-13,15H,14H2,1-3H3,(H2,25,27,29). The average Bonchev–Trinajstić information content (AvgIpc) is 3.23. The average molecular weight is 416 g/mol. The van der Waals surface area contributed by atoms with Gasteiger partial charge in [-0.1, -0.05) is 30.3 Å². The highest BCUT2D eigenvalue weighted by Gasteiger charge is 2.12. The molecule has 0 saturated carbocycles. The highest BCUT2D eigenvalue weighted by Crippen LogP contribution is 2.29. The number of urea groups is 1. The minimum atomic E-state index is -0.304. The fraction of sp³-hybridized carbons (Fsp3) is 0.167. The molecule has 2 heterocycles. The van der Waals surface area contributed by atoms with Gasteiger partial charge < -0.3 is 24.5 Å². The number of amides is 2. The number of hydrogen-bond acceptors (Lipinski definition) is 4. The molecule has 0 bridgehead atoms. The van der Waals surface area contributed by atoms with Crippen LogP contribution in [0.4, 0.5) is 10.5 Å². The van der Waals surface area contributed by atoms with Gasteiger partial charge in [-0.05, 0) is 42.3 Å². The molecule has 0 spiro atoms. The van der Waals surface area contributed by atoms with Crippen LogP contribution in [-0.2, 0) is 6.54 Å². The van der Waals surface area contributed by atoms with Gasteiger partial charge in [-0.15, -0.1) is 0 Å². The molecule has 4 rings (SSSR count). The lowest BCUT2D eigenvalue weighted by Crippen LogP contribution is -2.28. The fourth-order valence-electron chi connectivity index (χ4n) is 3.44. The second-order valence-corrected chi connectivity index (χ2v) is 7.09. The number of nitrogens with one attached hydrogen (secondary N) is 2. The molecular formula is C24H24N4O3. The van der Waals surface area contributed by atoms with Crippen molar-refractivity contribution in [1.29, 1.82) is 0 Å². The first-order chi connectivity index (χ1) is 15.1. The normalized spacial score (nSPS) is 10.7. The van der Waals surface area contributed by atoms with Gasteiger partial charge in [0.05, 0.1) is 25.6 Å². The number of fused-ring (bicyclic) bond motifs is 1. The van der Waals surface area contributed by atoms with E-state index in [-0.39, 0.29) is 6.03 Å². The van der Waals surface area contributed by atoms with E-state index in [9.17, 15) is 4.79 Å². The van der Waals surface area contributed by atoms with E-state index >= 15 is 0 Å². The number of imidazole rings is 1. The predicted molar refractivity (Wildman–Crippen MR) is 121 cm³/mol. The Bertz CT molecular complexity index is 1230. The summed E-state index contributed by atoms with van der Waals surface area (Å²) in [6.07, 6.45) is 3.93. The van der Waals surface area contributed by atoms with Crippen LogP contribution in [0.15, 0.2) is 67.0 Å². The molecule has 0 fully saturated rings. The lowest BCUT2D eigenvalue weighted by Gasteiger charge is -2.12. The number of carbonyl (C=O) groups excluding carboxylic acids is 1. The molecule has 0 radical (unpaired) electrons. The van der Waals surface area contributed by atoms with Crippen LogP contribution in [-0.4, -0.2) is 29.6 Å². The number of aryl methyl sites for hydroxylation is 1. The Morgan fingerprint density at radius 2 is 1.84 bits per heavy atom. The number of aromatic nitrogens is 2. The van der Waals surface area contributed by atoms with Crippen LogP contribution in [0, 0.1) is 6.92 Å². The third-order valence-electron chi connectivity index (χ3n) is 5.03. The van der Waals surface area contributed by atoms with Gasteiger partial charge in [-0.25, -0.2) is 9.78 Å². The van der Waals surface area contributed by atoms with Crippen LogP contribution in [0.1, 0.15) is 11.1 Å². The van der Waals surface area contributed by atoms with E-state index in [1.165, 1.54) is 0 Å². The summed E-state index contributed by atoms with van der Waals surface area (Å²) in [5.41, 5.74) is 5.22. The van der Waals surface area contributed by atoms with Crippen LogP contribution >= 0.6 is 0 Å². The Morgan fingerprint density at radius 3 is 2.61 bits per heavy atom. The molecule has 0 unspecified atom stereocenters. The van der Waals surface area contributed by atoms with E-state index < -0.39 is 0 Å². The predicted octanol–water partition coefficient (Wildman–Crippen LogP) is 4.65. The molecule has 0 atom stereocenters. The van der Waals surface area contributed by atoms with Crippen molar-refractivity contribution < 1.29 is 14.3 Å². The largest absolute Gasteiger partial charge is 0.493 e. The smallest absolute Gasteiger partial charge is 0.319 e. The van der Waals surface area contributed by atoms with Gasteiger partial charge in [0.15, 0.2) is 11.5 Å². The second kappa shape index (κ2) is 8.79. The highest BCUT2D eigenvalue weighted by molar-refractivity contribution is 5.94. The number of hydrogen-bond donors (Lipinski definition) is 2. The van der Waals surface area contributed by atoms with Crippen molar-refractivity contribution in [2.45, 2.75) is 13.5 Å². The zero-order valence-electron chi connectivity index (χ0n) is 17.7. The zero-order valence-corrected chi connectivity index (χ0v) is 17.7. The van der Waals surface area contributed by atoms with Crippen LogP contribution in [0.25, 0.3) is 16.9 Å². The van der Waals surface area contributed by atoms with E-state index in [0.29, 0.717) is 23.7 Å². The summed E-state index contributed by atoms with van der Waals surface area (Å²) in [6, 6.07) is 16.9. The van der Waals surface area contributed by atoms with Gasteiger partial charge >= 0.3 is 6.03 Å². The molecule has 7 heteroatoms. The Hall–Kier alpha value is -4.00. The van der Waals surface area contributed by atoms with Crippen molar-refractivity contribution in [3.63, 3.8) is 0 Å². The van der Waals surface area contributed by atoms with Crippen LogP contribution in [0.2, 0.25) is 0 Å². The number of methoxy groups -OCH3 is 2. The van der Waals surface area contributed by atoms with Crippen molar-refractivity contribution in [1.82, 2.24) is 14.7 Å². The first-order valence-corrected chi connectivity index (χ1v) is 9.88. The molecule has 158 valence electrons. The lowest BCUT2D eigenvalue weighted by molar-refractivity contribution is 0.251.